The van der Waals surface area contributed by atoms with Gasteiger partial charge in [-0.25, -0.2) is 4.79 Å². The van der Waals surface area contributed by atoms with Gasteiger partial charge in [0.25, 0.3) is 5.91 Å². The van der Waals surface area contributed by atoms with Crippen LogP contribution in [-0.2, 0) is 0 Å². The molecule has 0 saturated heterocycles. The molecule has 3 N–H and O–H groups in total. The molecule has 0 radical (unpaired) electrons. The first-order valence-electron chi connectivity index (χ1n) is 7.56. The molecule has 0 spiro atoms. The van der Waals surface area contributed by atoms with Gasteiger partial charge in [0, 0.05) is 17.6 Å². The standard InChI is InChI=1S/C10H7NO2.C9H11NO3/c12-10(13)8-5-7-3-1-2-4-9(7)11-6-8;1-12-6-3-4-7(9(10)11)8(5-6)13-2/h1-6H,(H,12,13);3-5H,1-2H3,(H2,10,11). The predicted molar refractivity (Wildman–Crippen MR) is 96.8 cm³/mol. The first-order chi connectivity index (χ1) is 12.5. The van der Waals surface area contributed by atoms with Crippen LogP contribution in [0.2, 0.25) is 0 Å². The molecule has 3 aromatic rings. The summed E-state index contributed by atoms with van der Waals surface area (Å²) in [7, 11) is 3.01. The fourth-order valence-corrected chi connectivity index (χ4v) is 2.19. The van der Waals surface area contributed by atoms with Gasteiger partial charge < -0.3 is 20.3 Å². The summed E-state index contributed by atoms with van der Waals surface area (Å²) in [5.74, 6) is -0.411. The maximum Gasteiger partial charge on any atom is 0.337 e. The lowest BCUT2D eigenvalue weighted by molar-refractivity contribution is 0.0696. The van der Waals surface area contributed by atoms with E-state index in [1.165, 1.54) is 13.3 Å². The van der Waals surface area contributed by atoms with Crippen LogP contribution in [0.1, 0.15) is 20.7 Å². The molecule has 1 heterocycles. The Balaban J connectivity index is 0.000000187. The number of hydrogen-bond acceptors (Lipinski definition) is 5. The van der Waals surface area contributed by atoms with Crippen molar-refractivity contribution in [2.75, 3.05) is 14.2 Å². The Labute approximate surface area is 150 Å². The van der Waals surface area contributed by atoms with Gasteiger partial charge in [-0.3, -0.25) is 9.78 Å². The minimum atomic E-state index is -0.946. The summed E-state index contributed by atoms with van der Waals surface area (Å²) < 4.78 is 9.93. The lowest BCUT2D eigenvalue weighted by atomic mass is 10.2. The number of aromatic carboxylic acids is 1. The highest BCUT2D eigenvalue weighted by Crippen LogP contribution is 2.23. The lowest BCUT2D eigenvalue weighted by Gasteiger charge is -2.06. The first-order valence-corrected chi connectivity index (χ1v) is 7.56. The van der Waals surface area contributed by atoms with Crippen molar-refractivity contribution in [3.05, 3.63) is 65.9 Å². The molecule has 1 amide bonds. The van der Waals surface area contributed by atoms with Gasteiger partial charge in [-0.15, -0.1) is 0 Å². The second-order valence-corrected chi connectivity index (χ2v) is 5.15. The number of fused-ring (bicyclic) bond motifs is 1. The lowest BCUT2D eigenvalue weighted by Crippen LogP contribution is -2.12. The minimum absolute atomic E-state index is 0.221. The molecular formula is C19H18N2O5. The molecular weight excluding hydrogens is 336 g/mol. The van der Waals surface area contributed by atoms with E-state index < -0.39 is 11.9 Å². The maximum absolute atomic E-state index is 10.9. The minimum Gasteiger partial charge on any atom is -0.497 e. The van der Waals surface area contributed by atoms with Gasteiger partial charge in [0.2, 0.25) is 0 Å². The van der Waals surface area contributed by atoms with E-state index in [0.29, 0.717) is 17.1 Å². The summed E-state index contributed by atoms with van der Waals surface area (Å²) in [5.41, 5.74) is 6.51. The van der Waals surface area contributed by atoms with Crippen LogP contribution >= 0.6 is 0 Å². The molecule has 7 heteroatoms. The van der Waals surface area contributed by atoms with Gasteiger partial charge in [-0.1, -0.05) is 18.2 Å². The van der Waals surface area contributed by atoms with E-state index >= 15 is 0 Å². The fourth-order valence-electron chi connectivity index (χ4n) is 2.19. The molecule has 0 bridgehead atoms. The second-order valence-electron chi connectivity index (χ2n) is 5.15. The van der Waals surface area contributed by atoms with Gasteiger partial charge in [-0.2, -0.15) is 0 Å². The summed E-state index contributed by atoms with van der Waals surface area (Å²) in [5, 5.41) is 9.55. The van der Waals surface area contributed by atoms with Crippen LogP contribution in [0, 0.1) is 0 Å². The molecule has 134 valence electrons. The van der Waals surface area contributed by atoms with E-state index in [9.17, 15) is 9.59 Å². The number of carboxylic acid groups (broad SMARTS) is 1. The molecule has 3 rings (SSSR count). The van der Waals surface area contributed by atoms with E-state index in [0.717, 1.165) is 10.9 Å². The van der Waals surface area contributed by atoms with E-state index in [4.69, 9.17) is 20.3 Å². The molecule has 26 heavy (non-hydrogen) atoms. The number of nitrogens with zero attached hydrogens (tertiary/aromatic N) is 1. The Hall–Kier alpha value is -3.61. The van der Waals surface area contributed by atoms with E-state index in [1.807, 2.05) is 24.3 Å². The number of carbonyl (C=O) groups is 2. The summed E-state index contributed by atoms with van der Waals surface area (Å²) in [6, 6.07) is 13.9. The number of benzene rings is 2. The number of carbonyl (C=O) groups excluding carboxylic acids is 1. The number of para-hydroxylation sites is 1. The molecule has 0 atom stereocenters. The van der Waals surface area contributed by atoms with Crippen LogP contribution in [0.3, 0.4) is 0 Å². The van der Waals surface area contributed by atoms with Crippen LogP contribution in [0.15, 0.2) is 54.7 Å². The molecule has 0 fully saturated rings. The van der Waals surface area contributed by atoms with Crippen molar-refractivity contribution in [2.45, 2.75) is 0 Å². The van der Waals surface area contributed by atoms with Crippen LogP contribution in [0.25, 0.3) is 10.9 Å². The molecule has 0 saturated carbocycles. The average molecular weight is 354 g/mol. The normalized spacial score (nSPS) is 9.77. The Morgan fingerprint density at radius 1 is 1.04 bits per heavy atom. The second kappa shape index (κ2) is 8.48. The zero-order valence-electron chi connectivity index (χ0n) is 14.3. The SMILES string of the molecule is COc1ccc(C(N)=O)c(OC)c1.O=C(O)c1cnc2ccccc2c1. The number of ether oxygens (including phenoxy) is 2. The molecule has 1 aromatic heterocycles. The summed E-state index contributed by atoms with van der Waals surface area (Å²) >= 11 is 0. The number of carboxylic acids is 1. The monoisotopic (exact) mass is 354 g/mol. The van der Waals surface area contributed by atoms with Crippen molar-refractivity contribution in [1.82, 2.24) is 4.98 Å². The van der Waals surface area contributed by atoms with Gasteiger partial charge in [0.05, 0.1) is 30.9 Å². The van der Waals surface area contributed by atoms with E-state index in [2.05, 4.69) is 4.98 Å². The summed E-state index contributed by atoms with van der Waals surface area (Å²) in [6.45, 7) is 0. The Kier molecular flexibility index (Phi) is 6.10. The Morgan fingerprint density at radius 2 is 1.77 bits per heavy atom. The number of rotatable bonds is 4. The number of primary amides is 1. The van der Waals surface area contributed by atoms with Crippen LogP contribution < -0.4 is 15.2 Å². The fraction of sp³-hybridized carbons (Fsp3) is 0.105. The van der Waals surface area contributed by atoms with Crippen molar-refractivity contribution in [3.63, 3.8) is 0 Å². The quantitative estimate of drug-likeness (QED) is 0.745. The first kappa shape index (κ1) is 18.7. The molecule has 0 aliphatic heterocycles. The number of aromatic nitrogens is 1. The molecule has 0 aliphatic rings. The summed E-state index contributed by atoms with van der Waals surface area (Å²) in [4.78, 5) is 25.5. The van der Waals surface area contributed by atoms with Crippen molar-refractivity contribution >= 4 is 22.8 Å². The number of nitrogens with two attached hydrogens (primary N) is 1. The molecule has 0 unspecified atom stereocenters. The molecule has 0 aliphatic carbocycles. The third kappa shape index (κ3) is 4.47. The van der Waals surface area contributed by atoms with Crippen molar-refractivity contribution in [2.24, 2.45) is 5.73 Å². The number of pyridine rings is 1. The van der Waals surface area contributed by atoms with Crippen molar-refractivity contribution in [3.8, 4) is 11.5 Å². The maximum atomic E-state index is 10.9. The summed E-state index contributed by atoms with van der Waals surface area (Å²) in [6.07, 6.45) is 1.37. The number of hydrogen-bond donors (Lipinski definition) is 2. The van der Waals surface area contributed by atoms with Gasteiger partial charge in [0.1, 0.15) is 11.5 Å². The number of amides is 1. The van der Waals surface area contributed by atoms with Crippen LogP contribution in [0.5, 0.6) is 11.5 Å². The highest BCUT2D eigenvalue weighted by Gasteiger charge is 2.09. The van der Waals surface area contributed by atoms with Gasteiger partial charge in [0.15, 0.2) is 0 Å². The Morgan fingerprint density at radius 3 is 2.38 bits per heavy atom. The van der Waals surface area contributed by atoms with Gasteiger partial charge >= 0.3 is 5.97 Å². The zero-order chi connectivity index (χ0) is 19.1. The van der Waals surface area contributed by atoms with Gasteiger partial charge in [-0.05, 0) is 24.3 Å². The zero-order valence-corrected chi connectivity index (χ0v) is 14.3. The molecule has 7 nitrogen and oxygen atoms in total. The van der Waals surface area contributed by atoms with Crippen molar-refractivity contribution in [1.29, 1.82) is 0 Å². The Bertz CT molecular complexity index is 940. The van der Waals surface area contributed by atoms with E-state index in [1.54, 1.807) is 31.4 Å². The topological polar surface area (TPSA) is 112 Å². The smallest absolute Gasteiger partial charge is 0.337 e. The highest BCUT2D eigenvalue weighted by atomic mass is 16.5. The van der Waals surface area contributed by atoms with Crippen molar-refractivity contribution < 1.29 is 24.2 Å². The van der Waals surface area contributed by atoms with E-state index in [-0.39, 0.29) is 5.56 Å². The molecule has 2 aromatic carbocycles. The largest absolute Gasteiger partial charge is 0.497 e. The third-order valence-electron chi connectivity index (χ3n) is 3.51. The average Bonchev–Trinajstić information content (AvgIpc) is 2.67. The van der Waals surface area contributed by atoms with Crippen LogP contribution in [-0.4, -0.2) is 36.2 Å². The highest BCUT2D eigenvalue weighted by molar-refractivity contribution is 5.95. The predicted octanol–water partition coefficient (Wildman–Crippen LogP) is 2.74. The third-order valence-corrected chi connectivity index (χ3v) is 3.51. The van der Waals surface area contributed by atoms with Crippen LogP contribution in [0.4, 0.5) is 0 Å². The number of methoxy groups -OCH3 is 2.